The molecule has 0 aliphatic carbocycles. The fraction of sp³-hybridized carbons (Fsp3) is 0.348. The summed E-state index contributed by atoms with van der Waals surface area (Å²) in [4.78, 5) is 32.0. The van der Waals surface area contributed by atoms with E-state index in [4.69, 9.17) is 4.74 Å². The number of hydrogen-bond acceptors (Lipinski definition) is 5. The number of thioether (sulfide) groups is 1. The van der Waals surface area contributed by atoms with Crippen LogP contribution < -0.4 is 10.1 Å². The van der Waals surface area contributed by atoms with Crippen molar-refractivity contribution in [2.45, 2.75) is 38.4 Å². The van der Waals surface area contributed by atoms with E-state index in [1.54, 1.807) is 24.1 Å². The van der Waals surface area contributed by atoms with E-state index in [1.165, 1.54) is 11.8 Å². The molecule has 0 saturated carbocycles. The average molecular weight is 426 g/mol. The Labute approximate surface area is 181 Å². The number of unbranched alkanes of at least 4 members (excludes halogenated alkanes) is 1. The largest absolute Gasteiger partial charge is 0.495 e. The number of amidine groups is 1. The zero-order chi connectivity index (χ0) is 21.5. The number of ether oxygens (including phenoxy) is 1. The van der Waals surface area contributed by atoms with Gasteiger partial charge in [0.2, 0.25) is 11.8 Å². The first-order chi connectivity index (χ1) is 14.5. The second kappa shape index (κ2) is 10.3. The quantitative estimate of drug-likeness (QED) is 0.662. The summed E-state index contributed by atoms with van der Waals surface area (Å²) in [7, 11) is 1.56. The molecule has 1 heterocycles. The second-order valence-corrected chi connectivity index (χ2v) is 8.30. The maximum Gasteiger partial charge on any atom is 0.242 e. The van der Waals surface area contributed by atoms with Crippen LogP contribution >= 0.6 is 11.8 Å². The molecule has 2 aromatic carbocycles. The van der Waals surface area contributed by atoms with Crippen LogP contribution in [0, 0.1) is 6.92 Å². The zero-order valence-electron chi connectivity index (χ0n) is 17.6. The summed E-state index contributed by atoms with van der Waals surface area (Å²) < 4.78 is 5.28. The van der Waals surface area contributed by atoms with Crippen molar-refractivity contribution in [3.8, 4) is 5.75 Å². The van der Waals surface area contributed by atoms with Crippen molar-refractivity contribution in [3.63, 3.8) is 0 Å². The first-order valence-electron chi connectivity index (χ1n) is 10.1. The Hall–Kier alpha value is -2.80. The highest BCUT2D eigenvalue weighted by molar-refractivity contribution is 8.15. The van der Waals surface area contributed by atoms with E-state index in [-0.39, 0.29) is 18.2 Å². The molecule has 0 bridgehead atoms. The van der Waals surface area contributed by atoms with Crippen molar-refractivity contribution in [2.75, 3.05) is 19.0 Å². The summed E-state index contributed by atoms with van der Waals surface area (Å²) in [5.41, 5.74) is 2.55. The molecule has 1 atom stereocenters. The lowest BCUT2D eigenvalue weighted by Crippen LogP contribution is -2.34. The molecule has 2 aromatic rings. The van der Waals surface area contributed by atoms with Gasteiger partial charge in [0, 0.05) is 13.0 Å². The molecule has 1 aliphatic rings. The highest BCUT2D eigenvalue weighted by Crippen LogP contribution is 2.32. The highest BCUT2D eigenvalue weighted by atomic mass is 32.2. The summed E-state index contributed by atoms with van der Waals surface area (Å²) in [5.74, 6) is 0.300. The monoisotopic (exact) mass is 425 g/mol. The minimum Gasteiger partial charge on any atom is -0.495 e. The Morgan fingerprint density at radius 3 is 2.63 bits per heavy atom. The van der Waals surface area contributed by atoms with Crippen LogP contribution in [0.25, 0.3) is 0 Å². The Balaban J connectivity index is 1.74. The number of carbonyl (C=O) groups excluding carboxylic acids is 2. The molecule has 6 nitrogen and oxygen atoms in total. The van der Waals surface area contributed by atoms with Gasteiger partial charge in [0.15, 0.2) is 5.17 Å². The number of methoxy groups -OCH3 is 1. The van der Waals surface area contributed by atoms with Crippen molar-refractivity contribution in [3.05, 3.63) is 54.1 Å². The summed E-state index contributed by atoms with van der Waals surface area (Å²) in [6.45, 7) is 4.72. The summed E-state index contributed by atoms with van der Waals surface area (Å²) in [6, 6.07) is 15.1. The summed E-state index contributed by atoms with van der Waals surface area (Å²) >= 11 is 1.36. The molecule has 30 heavy (non-hydrogen) atoms. The molecular formula is C23H27N3O3S. The van der Waals surface area contributed by atoms with Crippen molar-refractivity contribution in [1.82, 2.24) is 4.90 Å². The smallest absolute Gasteiger partial charge is 0.242 e. The maximum atomic E-state index is 13.0. The lowest BCUT2D eigenvalue weighted by Gasteiger charge is -2.16. The van der Waals surface area contributed by atoms with Gasteiger partial charge in [0.1, 0.15) is 11.0 Å². The minimum atomic E-state index is -0.485. The molecule has 0 aromatic heterocycles. The van der Waals surface area contributed by atoms with Crippen LogP contribution in [0.3, 0.4) is 0 Å². The van der Waals surface area contributed by atoms with Gasteiger partial charge in [-0.2, -0.15) is 0 Å². The molecule has 158 valence electrons. The van der Waals surface area contributed by atoms with Crippen molar-refractivity contribution in [2.24, 2.45) is 4.99 Å². The molecule has 1 fully saturated rings. The van der Waals surface area contributed by atoms with E-state index in [0.29, 0.717) is 23.1 Å². The normalized spacial score (nSPS) is 17.4. The third-order valence-corrected chi connectivity index (χ3v) is 5.94. The number of nitrogens with zero attached hydrogens (tertiary/aromatic N) is 2. The van der Waals surface area contributed by atoms with Crippen molar-refractivity contribution >= 4 is 40.1 Å². The van der Waals surface area contributed by atoms with Gasteiger partial charge in [-0.25, -0.2) is 4.99 Å². The van der Waals surface area contributed by atoms with Gasteiger partial charge >= 0.3 is 0 Å². The number of aliphatic imine (C=N–C) groups is 1. The van der Waals surface area contributed by atoms with Gasteiger partial charge in [-0.3, -0.25) is 14.5 Å². The summed E-state index contributed by atoms with van der Waals surface area (Å²) in [5, 5.41) is 3.02. The van der Waals surface area contributed by atoms with Crippen LogP contribution in [-0.4, -0.2) is 40.8 Å². The van der Waals surface area contributed by atoms with Crippen LogP contribution in [0.5, 0.6) is 5.75 Å². The van der Waals surface area contributed by atoms with Gasteiger partial charge in [-0.05, 0) is 37.6 Å². The first kappa shape index (κ1) is 21.9. The SMILES string of the molecule is CCCCN1C(=O)C(CC(=O)Nc2ccccc2OC)SC1=Nc1ccc(C)cc1. The van der Waals surface area contributed by atoms with Gasteiger partial charge < -0.3 is 10.1 Å². The standard InChI is InChI=1S/C23H27N3O3S/c1-4-5-14-26-22(28)20(30-23(26)24-17-12-10-16(2)11-13-17)15-21(27)25-18-8-6-7-9-19(18)29-3/h6-13,20H,4-5,14-15H2,1-3H3,(H,25,27). The van der Waals surface area contributed by atoms with E-state index in [9.17, 15) is 9.59 Å². The fourth-order valence-corrected chi connectivity index (χ4v) is 4.28. The van der Waals surface area contributed by atoms with Crippen molar-refractivity contribution in [1.29, 1.82) is 0 Å². The third kappa shape index (κ3) is 5.42. The van der Waals surface area contributed by atoms with Gasteiger partial charge in [0.25, 0.3) is 0 Å². The number of rotatable bonds is 8. The van der Waals surface area contributed by atoms with E-state index < -0.39 is 5.25 Å². The average Bonchev–Trinajstić information content (AvgIpc) is 3.02. The Kier molecular flexibility index (Phi) is 7.52. The highest BCUT2D eigenvalue weighted by Gasteiger charge is 2.38. The molecule has 2 amide bonds. The first-order valence-corrected chi connectivity index (χ1v) is 11.0. The summed E-state index contributed by atoms with van der Waals surface area (Å²) in [6.07, 6.45) is 1.95. The minimum absolute atomic E-state index is 0.0607. The topological polar surface area (TPSA) is 71.0 Å². The molecule has 0 spiro atoms. The third-order valence-electron chi connectivity index (χ3n) is 4.77. The van der Waals surface area contributed by atoms with Gasteiger partial charge in [-0.15, -0.1) is 0 Å². The Morgan fingerprint density at radius 2 is 1.93 bits per heavy atom. The fourth-order valence-electron chi connectivity index (χ4n) is 3.09. The second-order valence-electron chi connectivity index (χ2n) is 7.13. The van der Waals surface area contributed by atoms with Crippen molar-refractivity contribution < 1.29 is 14.3 Å². The molecule has 1 unspecified atom stereocenters. The molecule has 7 heteroatoms. The number of aryl methyl sites for hydroxylation is 1. The van der Waals surface area contributed by atoms with E-state index in [2.05, 4.69) is 17.2 Å². The van der Waals surface area contributed by atoms with Gasteiger partial charge in [-0.1, -0.05) is 54.9 Å². The predicted octanol–water partition coefficient (Wildman–Crippen LogP) is 4.76. The van der Waals surface area contributed by atoms with E-state index in [1.807, 2.05) is 43.3 Å². The number of para-hydroxylation sites is 2. The van der Waals surface area contributed by atoms with E-state index in [0.717, 1.165) is 24.1 Å². The lowest BCUT2D eigenvalue weighted by atomic mass is 10.2. The Bertz CT molecular complexity index is 928. The number of carbonyl (C=O) groups is 2. The molecular weight excluding hydrogens is 398 g/mol. The van der Waals surface area contributed by atoms with Crippen LogP contribution in [0.1, 0.15) is 31.7 Å². The number of nitrogens with one attached hydrogen (secondary N) is 1. The lowest BCUT2D eigenvalue weighted by molar-refractivity contribution is -0.128. The Morgan fingerprint density at radius 1 is 1.20 bits per heavy atom. The van der Waals surface area contributed by atoms with Gasteiger partial charge in [0.05, 0.1) is 18.5 Å². The molecule has 1 saturated heterocycles. The number of anilines is 1. The molecule has 0 radical (unpaired) electrons. The van der Waals surface area contributed by atoms with Crippen LogP contribution in [-0.2, 0) is 9.59 Å². The number of amides is 2. The molecule has 3 rings (SSSR count). The maximum absolute atomic E-state index is 13.0. The van der Waals surface area contributed by atoms with Crippen LogP contribution in [0.4, 0.5) is 11.4 Å². The zero-order valence-corrected chi connectivity index (χ0v) is 18.4. The van der Waals surface area contributed by atoms with Crippen LogP contribution in [0.15, 0.2) is 53.5 Å². The number of hydrogen-bond donors (Lipinski definition) is 1. The molecule has 1 aliphatic heterocycles. The van der Waals surface area contributed by atoms with Crippen LogP contribution in [0.2, 0.25) is 0 Å². The van der Waals surface area contributed by atoms with E-state index >= 15 is 0 Å². The molecule has 1 N–H and O–H groups in total. The number of benzene rings is 2. The predicted molar refractivity (Wildman–Crippen MR) is 123 cm³/mol.